The molecule has 0 radical (unpaired) electrons. The second-order valence-electron chi connectivity index (χ2n) is 7.56. The number of likely N-dealkylation sites (tertiary alicyclic amines) is 1. The van der Waals surface area contributed by atoms with Gasteiger partial charge in [-0.05, 0) is 54.7 Å². The predicted molar refractivity (Wildman–Crippen MR) is 101 cm³/mol. The predicted octanol–water partition coefficient (Wildman–Crippen LogP) is 1.77. The molecule has 9 heteroatoms. The third kappa shape index (κ3) is 3.80. The van der Waals surface area contributed by atoms with Crippen molar-refractivity contribution in [1.82, 2.24) is 25.5 Å². The summed E-state index contributed by atoms with van der Waals surface area (Å²) in [6.07, 6.45) is 7.24. The molecule has 2 unspecified atom stereocenters. The lowest BCUT2D eigenvalue weighted by molar-refractivity contribution is -0.149. The van der Waals surface area contributed by atoms with E-state index in [1.165, 1.54) is 0 Å². The van der Waals surface area contributed by atoms with Gasteiger partial charge in [0.15, 0.2) is 5.82 Å². The largest absolute Gasteiger partial charge is 0.460 e. The molecule has 3 aliphatic rings. The van der Waals surface area contributed by atoms with E-state index in [1.54, 1.807) is 17.3 Å². The third-order valence-electron chi connectivity index (χ3n) is 5.82. The third-order valence-corrected chi connectivity index (χ3v) is 6.23. The van der Waals surface area contributed by atoms with Crippen LogP contribution in [0.3, 0.4) is 0 Å². The van der Waals surface area contributed by atoms with Crippen LogP contribution in [0, 0.1) is 5.41 Å². The number of hydrogen-bond acceptors (Lipinski definition) is 6. The summed E-state index contributed by atoms with van der Waals surface area (Å²) in [6.45, 7) is 2.72. The lowest BCUT2D eigenvalue weighted by Gasteiger charge is -2.29. The van der Waals surface area contributed by atoms with Gasteiger partial charge < -0.3 is 20.3 Å². The van der Waals surface area contributed by atoms with Crippen molar-refractivity contribution in [2.75, 3.05) is 26.2 Å². The van der Waals surface area contributed by atoms with Gasteiger partial charge in [0.1, 0.15) is 6.10 Å². The number of carbonyl (C=O) groups is 2. The monoisotopic (exact) mass is 437 g/mol. The van der Waals surface area contributed by atoms with Crippen LogP contribution in [-0.2, 0) is 9.53 Å². The van der Waals surface area contributed by atoms with Crippen LogP contribution in [0.1, 0.15) is 44.0 Å². The molecule has 4 heterocycles. The molecule has 0 bridgehead atoms. The Kier molecular flexibility index (Phi) is 5.32. The number of cyclic esters (lactones) is 1. The molecule has 1 aromatic heterocycles. The summed E-state index contributed by atoms with van der Waals surface area (Å²) in [5, 5.41) is 6.23. The molecule has 2 atom stereocenters. The van der Waals surface area contributed by atoms with Crippen LogP contribution in [0.2, 0.25) is 0 Å². The van der Waals surface area contributed by atoms with Gasteiger partial charge in [0, 0.05) is 25.4 Å². The Morgan fingerprint density at radius 2 is 2.11 bits per heavy atom. The molecular weight excluding hydrogens is 414 g/mol. The topological polar surface area (TPSA) is 96.5 Å². The maximum atomic E-state index is 12.7. The summed E-state index contributed by atoms with van der Waals surface area (Å²) in [7, 11) is 0. The number of aromatic nitrogens is 2. The van der Waals surface area contributed by atoms with E-state index in [2.05, 4.69) is 36.5 Å². The molecule has 1 aromatic rings. The van der Waals surface area contributed by atoms with Crippen molar-refractivity contribution < 1.29 is 14.3 Å². The van der Waals surface area contributed by atoms with E-state index < -0.39 is 0 Å². The Morgan fingerprint density at radius 3 is 2.85 bits per heavy atom. The average Bonchev–Trinajstić information content (AvgIpc) is 3.27. The van der Waals surface area contributed by atoms with E-state index in [1.807, 2.05) is 0 Å². The molecule has 0 aromatic carbocycles. The molecule has 0 saturated carbocycles. The van der Waals surface area contributed by atoms with Crippen molar-refractivity contribution >= 4 is 27.9 Å². The fourth-order valence-corrected chi connectivity index (χ4v) is 4.54. The van der Waals surface area contributed by atoms with Crippen molar-refractivity contribution in [3.63, 3.8) is 0 Å². The number of hydrogen-bond donors (Lipinski definition) is 2. The maximum absolute atomic E-state index is 12.7. The molecule has 0 aliphatic carbocycles. The van der Waals surface area contributed by atoms with Crippen LogP contribution in [0.4, 0.5) is 4.79 Å². The van der Waals surface area contributed by atoms with Gasteiger partial charge in [-0.3, -0.25) is 4.79 Å². The van der Waals surface area contributed by atoms with Gasteiger partial charge in [-0.25, -0.2) is 14.8 Å². The first-order valence-corrected chi connectivity index (χ1v) is 10.3. The molecule has 3 fully saturated rings. The molecule has 146 valence electrons. The molecule has 3 saturated heterocycles. The first-order valence-electron chi connectivity index (χ1n) is 9.51. The van der Waals surface area contributed by atoms with Crippen molar-refractivity contribution in [3.05, 3.63) is 22.7 Å². The lowest BCUT2D eigenvalue weighted by Crippen LogP contribution is -2.43. The highest BCUT2D eigenvalue weighted by Gasteiger charge is 2.49. The molecule has 27 heavy (non-hydrogen) atoms. The van der Waals surface area contributed by atoms with E-state index in [-0.39, 0.29) is 29.6 Å². The van der Waals surface area contributed by atoms with E-state index in [4.69, 9.17) is 4.74 Å². The van der Waals surface area contributed by atoms with Gasteiger partial charge in [0.05, 0.1) is 22.5 Å². The van der Waals surface area contributed by atoms with Crippen LogP contribution in [0.15, 0.2) is 16.9 Å². The first-order chi connectivity index (χ1) is 13.1. The quantitative estimate of drug-likeness (QED) is 0.699. The zero-order valence-corrected chi connectivity index (χ0v) is 16.7. The van der Waals surface area contributed by atoms with E-state index >= 15 is 0 Å². The smallest absolute Gasteiger partial charge is 0.318 e. The number of nitrogens with one attached hydrogen (secondary N) is 2. The SMILES string of the molecule is O=C(NCC1CC2(CCNCC2)C(=O)O1)N1CCCC1c1ncc(Br)cn1. The number of amides is 2. The lowest BCUT2D eigenvalue weighted by atomic mass is 9.76. The molecule has 2 amide bonds. The Hall–Kier alpha value is -1.74. The van der Waals surface area contributed by atoms with E-state index in [9.17, 15) is 9.59 Å². The molecular formula is C18H24BrN5O3. The summed E-state index contributed by atoms with van der Waals surface area (Å²) in [6, 6.07) is -0.258. The average molecular weight is 438 g/mol. The minimum Gasteiger partial charge on any atom is -0.460 e. The maximum Gasteiger partial charge on any atom is 0.318 e. The van der Waals surface area contributed by atoms with Crippen LogP contribution < -0.4 is 10.6 Å². The number of carbonyl (C=O) groups excluding carboxylic acids is 2. The number of rotatable bonds is 3. The molecule has 1 spiro atoms. The van der Waals surface area contributed by atoms with E-state index in [0.29, 0.717) is 25.3 Å². The number of piperidine rings is 1. The van der Waals surface area contributed by atoms with Crippen LogP contribution in [0.5, 0.6) is 0 Å². The first kappa shape index (κ1) is 18.6. The second kappa shape index (κ2) is 7.71. The van der Waals surface area contributed by atoms with Crippen molar-refractivity contribution in [1.29, 1.82) is 0 Å². The summed E-state index contributed by atoms with van der Waals surface area (Å²) in [5.74, 6) is 0.553. The zero-order valence-electron chi connectivity index (χ0n) is 15.1. The Balaban J connectivity index is 1.34. The van der Waals surface area contributed by atoms with Gasteiger partial charge in [-0.2, -0.15) is 0 Å². The second-order valence-corrected chi connectivity index (χ2v) is 8.47. The number of halogens is 1. The summed E-state index contributed by atoms with van der Waals surface area (Å²) in [5.41, 5.74) is -0.359. The molecule has 8 nitrogen and oxygen atoms in total. The highest BCUT2D eigenvalue weighted by molar-refractivity contribution is 9.10. The summed E-state index contributed by atoms with van der Waals surface area (Å²) >= 11 is 3.33. The number of esters is 1. The van der Waals surface area contributed by atoms with Crippen molar-refractivity contribution in [2.45, 2.75) is 44.2 Å². The number of urea groups is 1. The van der Waals surface area contributed by atoms with Crippen LogP contribution >= 0.6 is 15.9 Å². The number of nitrogens with zero attached hydrogens (tertiary/aromatic N) is 3. The van der Waals surface area contributed by atoms with Gasteiger partial charge in [-0.15, -0.1) is 0 Å². The molecule has 3 aliphatic heterocycles. The molecule has 4 rings (SSSR count). The minimum absolute atomic E-state index is 0.106. The van der Waals surface area contributed by atoms with Gasteiger partial charge >= 0.3 is 12.0 Å². The van der Waals surface area contributed by atoms with E-state index in [0.717, 1.165) is 43.2 Å². The summed E-state index contributed by atoms with van der Waals surface area (Å²) < 4.78 is 6.38. The van der Waals surface area contributed by atoms with Gasteiger partial charge in [-0.1, -0.05) is 0 Å². The highest BCUT2D eigenvalue weighted by Crippen LogP contribution is 2.41. The van der Waals surface area contributed by atoms with Gasteiger partial charge in [0.2, 0.25) is 0 Å². The standard InChI is InChI=1S/C18H24BrN5O3/c19-12-9-21-15(22-10-12)14-2-1-7-24(14)17(26)23-11-13-8-18(16(25)27-13)3-5-20-6-4-18/h9-10,13-14,20H,1-8,11H2,(H,23,26). The van der Waals surface area contributed by atoms with Crippen molar-refractivity contribution in [2.24, 2.45) is 5.41 Å². The van der Waals surface area contributed by atoms with Crippen LogP contribution in [0.25, 0.3) is 0 Å². The van der Waals surface area contributed by atoms with Crippen LogP contribution in [-0.4, -0.2) is 59.2 Å². The fraction of sp³-hybridized carbons (Fsp3) is 0.667. The van der Waals surface area contributed by atoms with Crippen molar-refractivity contribution in [3.8, 4) is 0 Å². The minimum atomic E-state index is -0.359. The molecule has 2 N–H and O–H groups in total. The Labute approximate surface area is 166 Å². The summed E-state index contributed by atoms with van der Waals surface area (Å²) in [4.78, 5) is 35.5. The van der Waals surface area contributed by atoms with Gasteiger partial charge in [0.25, 0.3) is 0 Å². The fourth-order valence-electron chi connectivity index (χ4n) is 4.34. The number of ether oxygens (including phenoxy) is 1. The Morgan fingerprint density at radius 1 is 1.37 bits per heavy atom. The zero-order chi connectivity index (χ0) is 18.9. The Bertz CT molecular complexity index is 707. The normalized spacial score (nSPS) is 27.0. The highest BCUT2D eigenvalue weighted by atomic mass is 79.9.